The van der Waals surface area contributed by atoms with Crippen LogP contribution in [0.4, 0.5) is 5.82 Å². The maximum atomic E-state index is 11.4. The van der Waals surface area contributed by atoms with Crippen molar-refractivity contribution in [2.75, 3.05) is 29.5 Å². The molecule has 0 unspecified atom stereocenters. The SMILES string of the molecule is CCc1cc(N2CCS(=O)CC2)n2ncnc2n1. The van der Waals surface area contributed by atoms with Crippen molar-refractivity contribution in [3.05, 3.63) is 18.1 Å². The average Bonchev–Trinajstić information content (AvgIpc) is 2.86. The van der Waals surface area contributed by atoms with Gasteiger partial charge >= 0.3 is 0 Å². The van der Waals surface area contributed by atoms with Gasteiger partial charge in [-0.25, -0.2) is 4.98 Å². The monoisotopic (exact) mass is 265 g/mol. The molecule has 2 aromatic rings. The Morgan fingerprint density at radius 3 is 2.89 bits per heavy atom. The standard InChI is InChI=1S/C11H15N5OS/c1-2-9-7-10(15-3-5-18(17)6-4-15)16-11(14-9)12-8-13-16/h7-8H,2-6H2,1H3. The lowest BCUT2D eigenvalue weighted by Crippen LogP contribution is -2.39. The molecular formula is C11H15N5OS. The first kappa shape index (κ1) is 11.6. The maximum absolute atomic E-state index is 11.4. The van der Waals surface area contributed by atoms with Crippen LogP contribution in [0.3, 0.4) is 0 Å². The topological polar surface area (TPSA) is 63.4 Å². The van der Waals surface area contributed by atoms with Crippen LogP contribution in [-0.2, 0) is 17.2 Å². The molecule has 0 aliphatic carbocycles. The van der Waals surface area contributed by atoms with E-state index in [0.29, 0.717) is 5.78 Å². The Kier molecular flexibility index (Phi) is 2.99. The number of aromatic nitrogens is 4. The van der Waals surface area contributed by atoms with Gasteiger partial charge in [0, 0.05) is 47.2 Å². The largest absolute Gasteiger partial charge is 0.355 e. The Morgan fingerprint density at radius 1 is 1.39 bits per heavy atom. The molecule has 96 valence electrons. The molecule has 18 heavy (non-hydrogen) atoms. The number of fused-ring (bicyclic) bond motifs is 1. The number of hydrogen-bond acceptors (Lipinski definition) is 5. The van der Waals surface area contributed by atoms with Crippen molar-refractivity contribution in [2.24, 2.45) is 0 Å². The molecule has 2 aromatic heterocycles. The highest BCUT2D eigenvalue weighted by atomic mass is 32.2. The van der Waals surface area contributed by atoms with Gasteiger partial charge < -0.3 is 4.90 Å². The second-order valence-corrected chi connectivity index (χ2v) is 5.96. The van der Waals surface area contributed by atoms with Gasteiger partial charge in [0.15, 0.2) is 0 Å². The molecule has 7 heteroatoms. The normalized spacial score (nSPS) is 17.5. The molecule has 6 nitrogen and oxygen atoms in total. The third-order valence-corrected chi connectivity index (χ3v) is 4.43. The summed E-state index contributed by atoms with van der Waals surface area (Å²) in [5.41, 5.74) is 1.01. The summed E-state index contributed by atoms with van der Waals surface area (Å²) in [4.78, 5) is 10.8. The summed E-state index contributed by atoms with van der Waals surface area (Å²) in [6.07, 6.45) is 2.39. The molecule has 0 radical (unpaired) electrons. The van der Waals surface area contributed by atoms with E-state index in [1.54, 1.807) is 4.52 Å². The van der Waals surface area contributed by atoms with Crippen molar-refractivity contribution in [3.63, 3.8) is 0 Å². The van der Waals surface area contributed by atoms with E-state index in [9.17, 15) is 4.21 Å². The van der Waals surface area contributed by atoms with Crippen LogP contribution < -0.4 is 4.90 Å². The molecular weight excluding hydrogens is 250 g/mol. The molecule has 3 heterocycles. The van der Waals surface area contributed by atoms with E-state index >= 15 is 0 Å². The zero-order valence-electron chi connectivity index (χ0n) is 10.2. The minimum atomic E-state index is -0.669. The summed E-state index contributed by atoms with van der Waals surface area (Å²) < 4.78 is 13.2. The molecule has 1 aliphatic heterocycles. The molecule has 1 saturated heterocycles. The van der Waals surface area contributed by atoms with E-state index in [4.69, 9.17) is 0 Å². The van der Waals surface area contributed by atoms with Crippen LogP contribution in [0.15, 0.2) is 12.4 Å². The van der Waals surface area contributed by atoms with Crippen LogP contribution in [0.1, 0.15) is 12.6 Å². The average molecular weight is 265 g/mol. The van der Waals surface area contributed by atoms with E-state index in [1.807, 2.05) is 0 Å². The second kappa shape index (κ2) is 4.64. The Bertz CT molecular complexity index is 586. The summed E-state index contributed by atoms with van der Waals surface area (Å²) in [6, 6.07) is 2.05. The maximum Gasteiger partial charge on any atom is 0.254 e. The van der Waals surface area contributed by atoms with Gasteiger partial charge in [-0.3, -0.25) is 4.21 Å². The number of nitrogens with zero attached hydrogens (tertiary/aromatic N) is 5. The highest BCUT2D eigenvalue weighted by Gasteiger charge is 2.19. The Labute approximate surface area is 107 Å². The van der Waals surface area contributed by atoms with Crippen molar-refractivity contribution >= 4 is 22.4 Å². The van der Waals surface area contributed by atoms with Crippen LogP contribution in [0.25, 0.3) is 5.78 Å². The molecule has 0 N–H and O–H groups in total. The highest BCUT2D eigenvalue weighted by Crippen LogP contribution is 2.18. The van der Waals surface area contributed by atoms with Gasteiger partial charge in [-0.1, -0.05) is 6.92 Å². The minimum Gasteiger partial charge on any atom is -0.355 e. The predicted octanol–water partition coefficient (Wildman–Crippen LogP) is 0.255. The van der Waals surface area contributed by atoms with E-state index in [1.165, 1.54) is 6.33 Å². The van der Waals surface area contributed by atoms with Gasteiger partial charge in [0.2, 0.25) is 0 Å². The lowest BCUT2D eigenvalue weighted by atomic mass is 10.3. The third-order valence-electron chi connectivity index (χ3n) is 3.15. The van der Waals surface area contributed by atoms with Gasteiger partial charge in [-0.2, -0.15) is 14.6 Å². The van der Waals surface area contributed by atoms with Crippen LogP contribution in [0.2, 0.25) is 0 Å². The Morgan fingerprint density at radius 2 is 2.17 bits per heavy atom. The Hall–Kier alpha value is -1.50. The minimum absolute atomic E-state index is 0.635. The molecule has 1 fully saturated rings. The quantitative estimate of drug-likeness (QED) is 0.779. The van der Waals surface area contributed by atoms with Crippen molar-refractivity contribution in [2.45, 2.75) is 13.3 Å². The first-order valence-electron chi connectivity index (χ1n) is 6.07. The van der Waals surface area contributed by atoms with Gasteiger partial charge in [0.25, 0.3) is 5.78 Å². The summed E-state index contributed by atoms with van der Waals surface area (Å²) in [6.45, 7) is 3.67. The predicted molar refractivity (Wildman–Crippen MR) is 70.2 cm³/mol. The van der Waals surface area contributed by atoms with Gasteiger partial charge in [-0.15, -0.1) is 0 Å². The summed E-state index contributed by atoms with van der Waals surface area (Å²) in [5.74, 6) is 3.09. The van der Waals surface area contributed by atoms with Crippen molar-refractivity contribution in [3.8, 4) is 0 Å². The third kappa shape index (κ3) is 1.98. The summed E-state index contributed by atoms with van der Waals surface area (Å²) in [7, 11) is -0.669. The first-order valence-corrected chi connectivity index (χ1v) is 7.56. The van der Waals surface area contributed by atoms with Crippen molar-refractivity contribution < 1.29 is 4.21 Å². The van der Waals surface area contributed by atoms with Crippen LogP contribution in [0, 0.1) is 0 Å². The van der Waals surface area contributed by atoms with Crippen molar-refractivity contribution in [1.29, 1.82) is 0 Å². The summed E-state index contributed by atoms with van der Waals surface area (Å²) in [5, 5.41) is 4.21. The lowest BCUT2D eigenvalue weighted by Gasteiger charge is -2.28. The number of aryl methyl sites for hydroxylation is 1. The smallest absolute Gasteiger partial charge is 0.254 e. The van der Waals surface area contributed by atoms with Crippen LogP contribution in [0.5, 0.6) is 0 Å². The molecule has 0 bridgehead atoms. The molecule has 0 atom stereocenters. The highest BCUT2D eigenvalue weighted by molar-refractivity contribution is 7.85. The molecule has 3 rings (SSSR count). The molecule has 1 aliphatic rings. The lowest BCUT2D eigenvalue weighted by molar-refractivity contribution is 0.670. The number of hydrogen-bond donors (Lipinski definition) is 0. The van der Waals surface area contributed by atoms with E-state index < -0.39 is 10.8 Å². The first-order chi connectivity index (χ1) is 8.78. The molecule has 0 amide bonds. The van der Waals surface area contributed by atoms with Gasteiger partial charge in [0.1, 0.15) is 12.1 Å². The van der Waals surface area contributed by atoms with Crippen molar-refractivity contribution in [1.82, 2.24) is 19.6 Å². The molecule has 0 aromatic carbocycles. The van der Waals surface area contributed by atoms with E-state index in [0.717, 1.165) is 42.5 Å². The van der Waals surface area contributed by atoms with Crippen LogP contribution >= 0.6 is 0 Å². The van der Waals surface area contributed by atoms with Gasteiger partial charge in [0.05, 0.1) is 0 Å². The molecule has 0 saturated carbocycles. The van der Waals surface area contributed by atoms with Gasteiger partial charge in [-0.05, 0) is 6.42 Å². The number of rotatable bonds is 2. The fourth-order valence-electron chi connectivity index (χ4n) is 2.12. The van der Waals surface area contributed by atoms with E-state index in [2.05, 4.69) is 33.0 Å². The fourth-order valence-corrected chi connectivity index (χ4v) is 3.17. The molecule has 0 spiro atoms. The second-order valence-electron chi connectivity index (χ2n) is 4.27. The number of anilines is 1. The van der Waals surface area contributed by atoms with Crippen LogP contribution in [-0.4, -0.2) is 48.4 Å². The fraction of sp³-hybridized carbons (Fsp3) is 0.545. The van der Waals surface area contributed by atoms with E-state index in [-0.39, 0.29) is 0 Å². The zero-order chi connectivity index (χ0) is 12.5. The summed E-state index contributed by atoms with van der Waals surface area (Å²) >= 11 is 0. The zero-order valence-corrected chi connectivity index (χ0v) is 11.1. The Balaban J connectivity index is 2.03.